The van der Waals surface area contributed by atoms with Crippen LogP contribution in [0.4, 0.5) is 5.69 Å². The Labute approximate surface area is 121 Å². The van der Waals surface area contributed by atoms with Crippen LogP contribution in [0.2, 0.25) is 0 Å². The maximum Gasteiger partial charge on any atom is 0.233 e. The summed E-state index contributed by atoms with van der Waals surface area (Å²) in [4.78, 5) is 0. The SMILES string of the molecule is Cc1cccc(NS(=O)(=O)CC2CCCCC2)c1CN. The van der Waals surface area contributed by atoms with Crippen LogP contribution < -0.4 is 10.5 Å². The van der Waals surface area contributed by atoms with Gasteiger partial charge in [-0.3, -0.25) is 4.72 Å². The van der Waals surface area contributed by atoms with Crippen LogP contribution in [0.15, 0.2) is 18.2 Å². The molecule has 0 atom stereocenters. The highest BCUT2D eigenvalue weighted by Gasteiger charge is 2.22. The van der Waals surface area contributed by atoms with Crippen LogP contribution in [0.3, 0.4) is 0 Å². The Morgan fingerprint density at radius 3 is 2.60 bits per heavy atom. The van der Waals surface area contributed by atoms with E-state index < -0.39 is 10.0 Å². The molecule has 0 unspecified atom stereocenters. The molecule has 1 aromatic rings. The van der Waals surface area contributed by atoms with Gasteiger partial charge in [-0.25, -0.2) is 8.42 Å². The summed E-state index contributed by atoms with van der Waals surface area (Å²) in [5.41, 5.74) is 8.24. The van der Waals surface area contributed by atoms with Crippen LogP contribution in [-0.2, 0) is 16.6 Å². The molecule has 112 valence electrons. The summed E-state index contributed by atoms with van der Waals surface area (Å²) < 4.78 is 27.3. The molecule has 0 aromatic heterocycles. The van der Waals surface area contributed by atoms with Gasteiger partial charge in [0.15, 0.2) is 0 Å². The zero-order valence-corrected chi connectivity index (χ0v) is 12.9. The minimum atomic E-state index is -3.29. The molecule has 0 radical (unpaired) electrons. The van der Waals surface area contributed by atoms with Gasteiger partial charge in [0.2, 0.25) is 10.0 Å². The first-order valence-electron chi connectivity index (χ1n) is 7.31. The number of nitrogens with one attached hydrogen (secondary N) is 1. The van der Waals surface area contributed by atoms with Gasteiger partial charge in [-0.1, -0.05) is 31.4 Å². The molecule has 2 rings (SSSR count). The zero-order chi connectivity index (χ0) is 14.6. The van der Waals surface area contributed by atoms with E-state index >= 15 is 0 Å². The number of sulfonamides is 1. The summed E-state index contributed by atoms with van der Waals surface area (Å²) in [6.45, 7) is 2.29. The third-order valence-corrected chi connectivity index (χ3v) is 5.50. The van der Waals surface area contributed by atoms with E-state index in [0.717, 1.165) is 36.8 Å². The van der Waals surface area contributed by atoms with Crippen molar-refractivity contribution < 1.29 is 8.42 Å². The molecule has 1 aromatic carbocycles. The molecule has 0 spiro atoms. The third-order valence-electron chi connectivity index (χ3n) is 4.06. The van der Waals surface area contributed by atoms with E-state index in [1.54, 1.807) is 6.07 Å². The standard InChI is InChI=1S/C15H24N2O2S/c1-12-6-5-9-15(14(12)10-16)17-20(18,19)11-13-7-3-2-4-8-13/h5-6,9,13,17H,2-4,7-8,10-11,16H2,1H3. The number of aryl methyl sites for hydroxylation is 1. The number of hydrogen-bond acceptors (Lipinski definition) is 3. The second kappa shape index (κ2) is 6.59. The number of rotatable bonds is 5. The summed E-state index contributed by atoms with van der Waals surface area (Å²) in [6.07, 6.45) is 5.59. The van der Waals surface area contributed by atoms with E-state index in [-0.39, 0.29) is 5.75 Å². The molecular weight excluding hydrogens is 272 g/mol. The van der Waals surface area contributed by atoms with Crippen molar-refractivity contribution in [3.05, 3.63) is 29.3 Å². The Morgan fingerprint density at radius 2 is 1.95 bits per heavy atom. The van der Waals surface area contributed by atoms with Gasteiger partial charge in [0.1, 0.15) is 0 Å². The van der Waals surface area contributed by atoms with E-state index in [1.165, 1.54) is 6.42 Å². The second-order valence-corrected chi connectivity index (χ2v) is 7.46. The van der Waals surface area contributed by atoms with Crippen molar-refractivity contribution in [3.8, 4) is 0 Å². The van der Waals surface area contributed by atoms with Gasteiger partial charge in [-0.2, -0.15) is 0 Å². The quantitative estimate of drug-likeness (QED) is 0.877. The van der Waals surface area contributed by atoms with Gasteiger partial charge in [-0.15, -0.1) is 0 Å². The Balaban J connectivity index is 2.09. The Kier molecular flexibility index (Phi) is 5.05. The third kappa shape index (κ3) is 3.96. The van der Waals surface area contributed by atoms with Gasteiger partial charge < -0.3 is 5.73 Å². The predicted molar refractivity (Wildman–Crippen MR) is 83.1 cm³/mol. The number of hydrogen-bond donors (Lipinski definition) is 2. The average molecular weight is 296 g/mol. The smallest absolute Gasteiger partial charge is 0.233 e. The molecule has 0 heterocycles. The minimum Gasteiger partial charge on any atom is -0.326 e. The van der Waals surface area contributed by atoms with E-state index in [0.29, 0.717) is 18.2 Å². The molecule has 4 nitrogen and oxygen atoms in total. The van der Waals surface area contributed by atoms with Crippen molar-refractivity contribution in [2.45, 2.75) is 45.6 Å². The summed E-state index contributed by atoms with van der Waals surface area (Å²) in [5.74, 6) is 0.526. The van der Waals surface area contributed by atoms with E-state index in [1.807, 2.05) is 19.1 Å². The van der Waals surface area contributed by atoms with Crippen molar-refractivity contribution >= 4 is 15.7 Å². The maximum absolute atomic E-state index is 12.3. The monoisotopic (exact) mass is 296 g/mol. The first-order valence-corrected chi connectivity index (χ1v) is 8.96. The van der Waals surface area contributed by atoms with Crippen LogP contribution in [0.25, 0.3) is 0 Å². The van der Waals surface area contributed by atoms with Crippen LogP contribution in [0.5, 0.6) is 0 Å². The van der Waals surface area contributed by atoms with Gasteiger partial charge in [-0.05, 0) is 42.9 Å². The first kappa shape index (κ1) is 15.3. The van der Waals surface area contributed by atoms with Crippen LogP contribution in [0.1, 0.15) is 43.2 Å². The highest BCUT2D eigenvalue weighted by molar-refractivity contribution is 7.92. The van der Waals surface area contributed by atoms with Gasteiger partial charge in [0.05, 0.1) is 11.4 Å². The lowest BCUT2D eigenvalue weighted by atomic mass is 9.91. The highest BCUT2D eigenvalue weighted by atomic mass is 32.2. The van der Waals surface area contributed by atoms with Crippen LogP contribution >= 0.6 is 0 Å². The molecule has 1 fully saturated rings. The van der Waals surface area contributed by atoms with E-state index in [9.17, 15) is 8.42 Å². The van der Waals surface area contributed by atoms with Gasteiger partial charge in [0.25, 0.3) is 0 Å². The second-order valence-electron chi connectivity index (χ2n) is 5.69. The molecule has 0 aliphatic heterocycles. The van der Waals surface area contributed by atoms with Crippen molar-refractivity contribution in [1.29, 1.82) is 0 Å². The Morgan fingerprint density at radius 1 is 1.25 bits per heavy atom. The van der Waals surface area contributed by atoms with Gasteiger partial charge in [0, 0.05) is 6.54 Å². The number of nitrogens with two attached hydrogens (primary N) is 1. The van der Waals surface area contributed by atoms with Crippen molar-refractivity contribution in [3.63, 3.8) is 0 Å². The molecule has 5 heteroatoms. The van der Waals surface area contributed by atoms with Crippen molar-refractivity contribution in [1.82, 2.24) is 0 Å². The lowest BCUT2D eigenvalue weighted by Crippen LogP contribution is -2.25. The van der Waals surface area contributed by atoms with E-state index in [4.69, 9.17) is 5.73 Å². The molecule has 3 N–H and O–H groups in total. The molecule has 0 bridgehead atoms. The minimum absolute atomic E-state index is 0.227. The van der Waals surface area contributed by atoms with Gasteiger partial charge >= 0.3 is 0 Å². The predicted octanol–water partition coefficient (Wildman–Crippen LogP) is 2.78. The normalized spacial score (nSPS) is 17.1. The zero-order valence-electron chi connectivity index (χ0n) is 12.1. The summed E-state index contributed by atoms with van der Waals surface area (Å²) >= 11 is 0. The highest BCUT2D eigenvalue weighted by Crippen LogP contribution is 2.26. The number of anilines is 1. The fourth-order valence-electron chi connectivity index (χ4n) is 2.94. The molecule has 20 heavy (non-hydrogen) atoms. The van der Waals surface area contributed by atoms with Crippen LogP contribution in [-0.4, -0.2) is 14.2 Å². The maximum atomic E-state index is 12.3. The van der Waals surface area contributed by atoms with Crippen molar-refractivity contribution in [2.24, 2.45) is 11.7 Å². The van der Waals surface area contributed by atoms with Crippen molar-refractivity contribution in [2.75, 3.05) is 10.5 Å². The fraction of sp³-hybridized carbons (Fsp3) is 0.600. The lowest BCUT2D eigenvalue weighted by molar-refractivity contribution is 0.385. The molecule has 0 saturated heterocycles. The molecular formula is C15H24N2O2S. The summed E-state index contributed by atoms with van der Waals surface area (Å²) in [7, 11) is -3.29. The first-order chi connectivity index (χ1) is 9.52. The molecule has 1 aliphatic carbocycles. The van der Waals surface area contributed by atoms with E-state index in [2.05, 4.69) is 4.72 Å². The Hall–Kier alpha value is -1.07. The Bertz CT molecular complexity index is 549. The number of benzene rings is 1. The fourth-order valence-corrected chi connectivity index (χ4v) is 4.51. The molecule has 1 saturated carbocycles. The summed E-state index contributed by atoms with van der Waals surface area (Å²) in [6, 6.07) is 5.59. The lowest BCUT2D eigenvalue weighted by Gasteiger charge is -2.22. The average Bonchev–Trinajstić information content (AvgIpc) is 2.39. The molecule has 0 amide bonds. The topological polar surface area (TPSA) is 72.2 Å². The van der Waals surface area contributed by atoms with Crippen LogP contribution in [0, 0.1) is 12.8 Å². The summed E-state index contributed by atoms with van der Waals surface area (Å²) in [5, 5.41) is 0. The molecule has 1 aliphatic rings. The largest absolute Gasteiger partial charge is 0.326 e.